The maximum Gasteiger partial charge on any atom is 0.0798 e. The van der Waals surface area contributed by atoms with Gasteiger partial charge in [-0.1, -0.05) is 0 Å². The van der Waals surface area contributed by atoms with Gasteiger partial charge in [0.25, 0.3) is 0 Å². The van der Waals surface area contributed by atoms with E-state index in [1.54, 1.807) is 12.4 Å². The molecule has 4 heteroatoms. The molecule has 1 aromatic heterocycles. The van der Waals surface area contributed by atoms with Gasteiger partial charge in [-0.3, -0.25) is 0 Å². The highest BCUT2D eigenvalue weighted by Gasteiger charge is 2.23. The van der Waals surface area contributed by atoms with Crippen LogP contribution in [0, 0.1) is 6.92 Å². The maximum atomic E-state index is 8.94. The lowest BCUT2D eigenvalue weighted by molar-refractivity contribution is 0.212. The van der Waals surface area contributed by atoms with Gasteiger partial charge in [0.15, 0.2) is 0 Å². The van der Waals surface area contributed by atoms with Crippen molar-refractivity contribution in [3.63, 3.8) is 0 Å². The summed E-state index contributed by atoms with van der Waals surface area (Å²) in [6, 6.07) is 0. The lowest BCUT2D eigenvalue weighted by Crippen LogP contribution is -2.36. The molecule has 0 aliphatic heterocycles. The fraction of sp³-hybridized carbons (Fsp3) is 0.571. The number of aliphatic hydroxyl groups excluding tert-OH is 1. The van der Waals surface area contributed by atoms with Gasteiger partial charge in [0.2, 0.25) is 0 Å². The second-order valence-electron chi connectivity index (χ2n) is 2.84. The molecule has 0 saturated carbocycles. The summed E-state index contributed by atoms with van der Waals surface area (Å²) in [5.41, 5.74) is 7.82. The molecule has 0 spiro atoms. The number of thiazole rings is 1. The van der Waals surface area contributed by atoms with Crippen LogP contribution in [0.15, 0.2) is 5.51 Å². The quantitative estimate of drug-likeness (QED) is 0.687. The van der Waals surface area contributed by atoms with Crippen molar-refractivity contribution in [2.45, 2.75) is 19.4 Å². The molecule has 1 rings (SSSR count). The van der Waals surface area contributed by atoms with Gasteiger partial charge in [-0.25, -0.2) is 4.98 Å². The van der Waals surface area contributed by atoms with Crippen molar-refractivity contribution in [3.05, 3.63) is 16.1 Å². The van der Waals surface area contributed by atoms with E-state index in [1.165, 1.54) is 11.3 Å². The van der Waals surface area contributed by atoms with Gasteiger partial charge in [-0.2, -0.15) is 0 Å². The zero-order chi connectivity index (χ0) is 8.48. The SMILES string of the molecule is Cc1ncsc1C(C)(N)CO. The van der Waals surface area contributed by atoms with Crippen LogP contribution in [0.3, 0.4) is 0 Å². The molecular formula is C7H12N2OS. The number of nitrogens with zero attached hydrogens (tertiary/aromatic N) is 1. The first kappa shape index (κ1) is 8.64. The van der Waals surface area contributed by atoms with Crippen LogP contribution in [0.25, 0.3) is 0 Å². The monoisotopic (exact) mass is 172 g/mol. The Morgan fingerprint density at radius 1 is 1.82 bits per heavy atom. The van der Waals surface area contributed by atoms with E-state index in [9.17, 15) is 0 Å². The van der Waals surface area contributed by atoms with Crippen molar-refractivity contribution in [1.82, 2.24) is 4.98 Å². The first-order chi connectivity index (χ1) is 5.08. The fourth-order valence-electron chi connectivity index (χ4n) is 0.922. The second-order valence-corrected chi connectivity index (χ2v) is 3.70. The average molecular weight is 172 g/mol. The third kappa shape index (κ3) is 1.58. The normalized spacial score (nSPS) is 16.4. The Morgan fingerprint density at radius 2 is 2.45 bits per heavy atom. The third-order valence-electron chi connectivity index (χ3n) is 1.59. The summed E-state index contributed by atoms with van der Waals surface area (Å²) in [7, 11) is 0. The third-order valence-corrected chi connectivity index (χ3v) is 2.80. The van der Waals surface area contributed by atoms with Crippen LogP contribution in [0.2, 0.25) is 0 Å². The number of aryl methyl sites for hydroxylation is 1. The van der Waals surface area contributed by atoms with Crippen LogP contribution >= 0.6 is 11.3 Å². The summed E-state index contributed by atoms with van der Waals surface area (Å²) in [6.07, 6.45) is 0. The van der Waals surface area contributed by atoms with Crippen LogP contribution in [-0.4, -0.2) is 16.7 Å². The number of aliphatic hydroxyl groups is 1. The highest BCUT2D eigenvalue weighted by atomic mass is 32.1. The maximum absolute atomic E-state index is 8.94. The molecule has 0 radical (unpaired) electrons. The number of hydrogen-bond acceptors (Lipinski definition) is 4. The van der Waals surface area contributed by atoms with E-state index in [1.807, 2.05) is 6.92 Å². The van der Waals surface area contributed by atoms with Crippen LogP contribution in [-0.2, 0) is 5.54 Å². The molecule has 3 nitrogen and oxygen atoms in total. The van der Waals surface area contributed by atoms with Gasteiger partial charge in [0.1, 0.15) is 0 Å². The van der Waals surface area contributed by atoms with Crippen LogP contribution in [0.1, 0.15) is 17.5 Å². The van der Waals surface area contributed by atoms with Gasteiger partial charge in [0, 0.05) is 4.88 Å². The zero-order valence-electron chi connectivity index (χ0n) is 6.66. The minimum Gasteiger partial charge on any atom is -0.394 e. The molecule has 0 fully saturated rings. The first-order valence-electron chi connectivity index (χ1n) is 3.38. The minimum absolute atomic E-state index is 0.0456. The Kier molecular flexibility index (Phi) is 2.27. The lowest BCUT2D eigenvalue weighted by atomic mass is 10.0. The summed E-state index contributed by atoms with van der Waals surface area (Å²) in [5, 5.41) is 8.94. The highest BCUT2D eigenvalue weighted by molar-refractivity contribution is 7.09. The van der Waals surface area contributed by atoms with E-state index < -0.39 is 5.54 Å². The molecule has 0 aromatic carbocycles. The Morgan fingerprint density at radius 3 is 2.82 bits per heavy atom. The highest BCUT2D eigenvalue weighted by Crippen LogP contribution is 2.24. The van der Waals surface area contributed by atoms with Crippen molar-refractivity contribution in [2.24, 2.45) is 5.73 Å². The molecule has 1 heterocycles. The molecule has 62 valence electrons. The lowest BCUT2D eigenvalue weighted by Gasteiger charge is -2.20. The number of nitrogens with two attached hydrogens (primary N) is 1. The predicted octanol–water partition coefficient (Wildman–Crippen LogP) is 0.618. The molecule has 1 unspecified atom stereocenters. The Bertz CT molecular complexity index is 244. The van der Waals surface area contributed by atoms with E-state index in [2.05, 4.69) is 4.98 Å². The zero-order valence-corrected chi connectivity index (χ0v) is 7.48. The molecule has 0 saturated heterocycles. The van der Waals surface area contributed by atoms with E-state index in [0.29, 0.717) is 0 Å². The van der Waals surface area contributed by atoms with E-state index in [0.717, 1.165) is 10.6 Å². The average Bonchev–Trinajstić information content (AvgIpc) is 2.36. The topological polar surface area (TPSA) is 59.1 Å². The summed E-state index contributed by atoms with van der Waals surface area (Å²) in [4.78, 5) is 5.02. The Balaban J connectivity index is 3.00. The van der Waals surface area contributed by atoms with Gasteiger partial charge in [0.05, 0.1) is 23.4 Å². The molecule has 0 aliphatic rings. The van der Waals surface area contributed by atoms with Crippen molar-refractivity contribution in [2.75, 3.05) is 6.61 Å². The van der Waals surface area contributed by atoms with Gasteiger partial charge in [-0.05, 0) is 13.8 Å². The summed E-state index contributed by atoms with van der Waals surface area (Å²) in [6.45, 7) is 3.65. The van der Waals surface area contributed by atoms with Crippen molar-refractivity contribution in [3.8, 4) is 0 Å². The van der Waals surface area contributed by atoms with Gasteiger partial charge < -0.3 is 10.8 Å². The predicted molar refractivity (Wildman–Crippen MR) is 45.5 cm³/mol. The van der Waals surface area contributed by atoms with Gasteiger partial charge in [-0.15, -0.1) is 11.3 Å². The minimum atomic E-state index is -0.634. The van der Waals surface area contributed by atoms with Crippen LogP contribution in [0.5, 0.6) is 0 Å². The van der Waals surface area contributed by atoms with Crippen molar-refractivity contribution >= 4 is 11.3 Å². The smallest absolute Gasteiger partial charge is 0.0798 e. The summed E-state index contributed by atoms with van der Waals surface area (Å²) >= 11 is 1.48. The van der Waals surface area contributed by atoms with Gasteiger partial charge >= 0.3 is 0 Å². The molecule has 0 amide bonds. The molecule has 11 heavy (non-hydrogen) atoms. The molecular weight excluding hydrogens is 160 g/mol. The molecule has 3 N–H and O–H groups in total. The number of rotatable bonds is 2. The van der Waals surface area contributed by atoms with E-state index in [4.69, 9.17) is 10.8 Å². The Hall–Kier alpha value is -0.450. The molecule has 1 aromatic rings. The van der Waals surface area contributed by atoms with Crippen molar-refractivity contribution in [1.29, 1.82) is 0 Å². The molecule has 0 aliphatic carbocycles. The van der Waals surface area contributed by atoms with Crippen LogP contribution < -0.4 is 5.73 Å². The standard InChI is InChI=1S/C7H12N2OS/c1-5-6(11-4-9-5)7(2,8)3-10/h4,10H,3,8H2,1-2H3. The summed E-state index contributed by atoms with van der Waals surface area (Å²) < 4.78 is 0. The molecule has 1 atom stereocenters. The van der Waals surface area contributed by atoms with E-state index >= 15 is 0 Å². The van der Waals surface area contributed by atoms with Crippen LogP contribution in [0.4, 0.5) is 0 Å². The Labute approximate surface area is 69.9 Å². The largest absolute Gasteiger partial charge is 0.394 e. The second kappa shape index (κ2) is 2.89. The molecule has 0 bridgehead atoms. The van der Waals surface area contributed by atoms with Crippen molar-refractivity contribution < 1.29 is 5.11 Å². The number of hydrogen-bond donors (Lipinski definition) is 2. The fourth-order valence-corrected chi connectivity index (χ4v) is 1.79. The summed E-state index contributed by atoms with van der Waals surface area (Å²) in [5.74, 6) is 0. The van der Waals surface area contributed by atoms with E-state index in [-0.39, 0.29) is 6.61 Å². The number of aromatic nitrogens is 1. The first-order valence-corrected chi connectivity index (χ1v) is 4.26.